The number of ether oxygens (including phenoxy) is 1. The second-order valence-corrected chi connectivity index (χ2v) is 3.79. The molecule has 0 aromatic heterocycles. The molecule has 0 aliphatic carbocycles. The first kappa shape index (κ1) is 11.4. The first-order valence-electron chi connectivity index (χ1n) is 4.23. The van der Waals surface area contributed by atoms with Gasteiger partial charge in [0, 0.05) is 10.6 Å². The summed E-state index contributed by atoms with van der Waals surface area (Å²) in [7, 11) is 1.59. The van der Waals surface area contributed by atoms with E-state index in [9.17, 15) is 0 Å². The molecule has 14 heavy (non-hydrogen) atoms. The van der Waals surface area contributed by atoms with Crippen LogP contribution in [0.25, 0.3) is 0 Å². The summed E-state index contributed by atoms with van der Waals surface area (Å²) >= 11 is 1.45. The lowest BCUT2D eigenvalue weighted by atomic mass is 10.3. The Morgan fingerprint density at radius 2 is 2.43 bits per heavy atom. The molecule has 77 valence electrons. The number of methoxy groups -OCH3 is 1. The van der Waals surface area contributed by atoms with Gasteiger partial charge in [0.1, 0.15) is 5.75 Å². The molecular weight excluding hydrogens is 200 g/mol. The molecule has 0 spiro atoms. The zero-order chi connectivity index (χ0) is 10.4. The van der Waals surface area contributed by atoms with Crippen molar-refractivity contribution in [3.63, 3.8) is 0 Å². The van der Waals surface area contributed by atoms with Gasteiger partial charge in [0.15, 0.2) is 0 Å². The third-order valence-corrected chi connectivity index (χ3v) is 2.85. The largest absolute Gasteiger partial charge is 0.496 e. The first-order chi connectivity index (χ1) is 6.77. The van der Waals surface area contributed by atoms with E-state index < -0.39 is 6.10 Å². The SMILES string of the molecule is COc1c[c]ccc1SCC(O)CO. The zero-order valence-electron chi connectivity index (χ0n) is 7.93. The maximum absolute atomic E-state index is 9.16. The standard InChI is InChI=1S/C10H13O3S/c1-13-9-4-2-3-5-10(9)14-7-8(12)6-11/h3-5,8,11-12H,6-7H2,1H3. The fourth-order valence-electron chi connectivity index (χ4n) is 0.918. The number of thioether (sulfide) groups is 1. The predicted molar refractivity (Wildman–Crippen MR) is 55.6 cm³/mol. The molecule has 0 aliphatic rings. The van der Waals surface area contributed by atoms with Crippen LogP contribution in [0.2, 0.25) is 0 Å². The quantitative estimate of drug-likeness (QED) is 0.715. The topological polar surface area (TPSA) is 49.7 Å². The smallest absolute Gasteiger partial charge is 0.133 e. The molecule has 1 radical (unpaired) electrons. The van der Waals surface area contributed by atoms with Crippen molar-refractivity contribution in [3.05, 3.63) is 24.3 Å². The van der Waals surface area contributed by atoms with E-state index in [-0.39, 0.29) is 6.61 Å². The highest BCUT2D eigenvalue weighted by molar-refractivity contribution is 7.99. The highest BCUT2D eigenvalue weighted by atomic mass is 32.2. The number of hydrogen-bond acceptors (Lipinski definition) is 4. The van der Waals surface area contributed by atoms with E-state index >= 15 is 0 Å². The minimum atomic E-state index is -0.686. The van der Waals surface area contributed by atoms with Crippen molar-refractivity contribution in [1.82, 2.24) is 0 Å². The van der Waals surface area contributed by atoms with Crippen molar-refractivity contribution in [3.8, 4) is 5.75 Å². The number of rotatable bonds is 5. The van der Waals surface area contributed by atoms with Crippen LogP contribution in [-0.4, -0.2) is 35.8 Å². The van der Waals surface area contributed by atoms with E-state index in [0.29, 0.717) is 5.75 Å². The molecule has 0 saturated heterocycles. The second-order valence-electron chi connectivity index (χ2n) is 2.72. The molecule has 4 heteroatoms. The van der Waals surface area contributed by atoms with Crippen molar-refractivity contribution in [1.29, 1.82) is 0 Å². The van der Waals surface area contributed by atoms with Gasteiger partial charge in [-0.15, -0.1) is 11.8 Å². The Morgan fingerprint density at radius 1 is 1.64 bits per heavy atom. The Bertz CT molecular complexity index is 278. The minimum absolute atomic E-state index is 0.214. The molecule has 0 aliphatic heterocycles. The molecule has 3 nitrogen and oxygen atoms in total. The van der Waals surface area contributed by atoms with Crippen LogP contribution in [0, 0.1) is 6.07 Å². The summed E-state index contributed by atoms with van der Waals surface area (Å²) in [6.07, 6.45) is -0.686. The summed E-state index contributed by atoms with van der Waals surface area (Å²) in [6, 6.07) is 8.30. The van der Waals surface area contributed by atoms with Crippen LogP contribution in [0.15, 0.2) is 23.1 Å². The Hall–Kier alpha value is -0.710. The van der Waals surface area contributed by atoms with E-state index in [1.165, 1.54) is 11.8 Å². The Balaban J connectivity index is 2.57. The van der Waals surface area contributed by atoms with Gasteiger partial charge in [-0.3, -0.25) is 0 Å². The van der Waals surface area contributed by atoms with Gasteiger partial charge >= 0.3 is 0 Å². The monoisotopic (exact) mass is 213 g/mol. The van der Waals surface area contributed by atoms with Crippen LogP contribution >= 0.6 is 11.8 Å². The summed E-state index contributed by atoms with van der Waals surface area (Å²) < 4.78 is 5.12. The molecular formula is C10H13O3S. The lowest BCUT2D eigenvalue weighted by molar-refractivity contribution is 0.113. The van der Waals surface area contributed by atoms with Gasteiger partial charge < -0.3 is 14.9 Å². The normalized spacial score (nSPS) is 12.5. The summed E-state index contributed by atoms with van der Waals surface area (Å²) in [5, 5.41) is 17.8. The van der Waals surface area contributed by atoms with E-state index in [1.807, 2.05) is 6.07 Å². The maximum atomic E-state index is 9.16. The third kappa shape index (κ3) is 3.21. The van der Waals surface area contributed by atoms with E-state index in [2.05, 4.69) is 6.07 Å². The van der Waals surface area contributed by atoms with Crippen molar-refractivity contribution in [2.24, 2.45) is 0 Å². The highest BCUT2D eigenvalue weighted by Gasteiger charge is 2.06. The van der Waals surface area contributed by atoms with Gasteiger partial charge in [-0.25, -0.2) is 0 Å². The minimum Gasteiger partial charge on any atom is -0.496 e. The lowest BCUT2D eigenvalue weighted by Crippen LogP contribution is -2.14. The van der Waals surface area contributed by atoms with Gasteiger partial charge in [-0.05, 0) is 18.2 Å². The highest BCUT2D eigenvalue weighted by Crippen LogP contribution is 2.28. The fraction of sp³-hybridized carbons (Fsp3) is 0.400. The van der Waals surface area contributed by atoms with Gasteiger partial charge in [0.05, 0.1) is 19.8 Å². The molecule has 1 atom stereocenters. The second kappa shape index (κ2) is 5.90. The van der Waals surface area contributed by atoms with Gasteiger partial charge in [-0.2, -0.15) is 0 Å². The molecule has 0 bridgehead atoms. The Labute approximate surface area is 87.7 Å². The van der Waals surface area contributed by atoms with Gasteiger partial charge in [0.2, 0.25) is 0 Å². The van der Waals surface area contributed by atoms with E-state index in [4.69, 9.17) is 14.9 Å². The lowest BCUT2D eigenvalue weighted by Gasteiger charge is -2.09. The van der Waals surface area contributed by atoms with Crippen molar-refractivity contribution in [2.45, 2.75) is 11.0 Å². The van der Waals surface area contributed by atoms with Crippen LogP contribution in [0.3, 0.4) is 0 Å². The molecule has 1 aromatic rings. The molecule has 0 fully saturated rings. The maximum Gasteiger partial charge on any atom is 0.133 e. The predicted octanol–water partition coefficient (Wildman–Crippen LogP) is 0.941. The van der Waals surface area contributed by atoms with Crippen LogP contribution < -0.4 is 4.74 Å². The Kier molecular flexibility index (Phi) is 4.79. The Morgan fingerprint density at radius 3 is 3.07 bits per heavy atom. The molecule has 1 aromatic carbocycles. The van der Waals surface area contributed by atoms with Crippen LogP contribution in [0.5, 0.6) is 5.75 Å². The number of aliphatic hydroxyl groups is 2. The van der Waals surface area contributed by atoms with Gasteiger partial charge in [0.25, 0.3) is 0 Å². The van der Waals surface area contributed by atoms with Crippen molar-refractivity contribution < 1.29 is 14.9 Å². The summed E-state index contributed by atoms with van der Waals surface area (Å²) in [5.74, 6) is 1.19. The zero-order valence-corrected chi connectivity index (χ0v) is 8.75. The number of aliphatic hydroxyl groups excluding tert-OH is 2. The molecule has 0 amide bonds. The van der Waals surface area contributed by atoms with Crippen LogP contribution in [0.1, 0.15) is 0 Å². The van der Waals surface area contributed by atoms with Crippen molar-refractivity contribution >= 4 is 11.8 Å². The molecule has 2 N–H and O–H groups in total. The van der Waals surface area contributed by atoms with Crippen molar-refractivity contribution in [2.75, 3.05) is 19.5 Å². The third-order valence-electron chi connectivity index (χ3n) is 1.65. The van der Waals surface area contributed by atoms with Crippen LogP contribution in [0.4, 0.5) is 0 Å². The van der Waals surface area contributed by atoms with Crippen LogP contribution in [-0.2, 0) is 0 Å². The molecule has 1 rings (SSSR count). The first-order valence-corrected chi connectivity index (χ1v) is 5.22. The fourth-order valence-corrected chi connectivity index (χ4v) is 1.84. The molecule has 1 unspecified atom stereocenters. The number of benzene rings is 1. The van der Waals surface area contributed by atoms with Gasteiger partial charge in [-0.1, -0.05) is 6.07 Å². The molecule has 0 heterocycles. The average molecular weight is 213 g/mol. The summed E-state index contributed by atoms with van der Waals surface area (Å²) in [4.78, 5) is 0.943. The average Bonchev–Trinajstić information content (AvgIpc) is 2.26. The summed E-state index contributed by atoms with van der Waals surface area (Å²) in [5.41, 5.74) is 0. The summed E-state index contributed by atoms with van der Waals surface area (Å²) in [6.45, 7) is -0.214. The van der Waals surface area contributed by atoms with E-state index in [0.717, 1.165) is 10.6 Å². The molecule has 0 saturated carbocycles. The van der Waals surface area contributed by atoms with E-state index in [1.54, 1.807) is 19.2 Å². The number of hydrogen-bond donors (Lipinski definition) is 2.